The molecule has 6 heteroatoms. The predicted octanol–water partition coefficient (Wildman–Crippen LogP) is 3.03. The monoisotopic (exact) mass is 285 g/mol. The molecule has 0 aliphatic rings. The van der Waals surface area contributed by atoms with Gasteiger partial charge in [0.25, 0.3) is 0 Å². The zero-order valence-corrected chi connectivity index (χ0v) is 12.0. The topological polar surface area (TPSA) is 68.1 Å². The summed E-state index contributed by atoms with van der Waals surface area (Å²) >= 11 is 5.70. The molecule has 0 radical (unpaired) electrons. The van der Waals surface area contributed by atoms with E-state index < -0.39 is 11.6 Å². The number of oxime groups is 1. The Morgan fingerprint density at radius 2 is 2.00 bits per heavy atom. The maximum Gasteiger partial charge on any atom is 0.342 e. The molecule has 1 aromatic rings. The first-order valence-electron chi connectivity index (χ1n) is 5.58. The fourth-order valence-corrected chi connectivity index (χ4v) is 1.50. The molecule has 1 aromatic carbocycles. The van der Waals surface area contributed by atoms with Crippen LogP contribution >= 0.6 is 11.6 Å². The van der Waals surface area contributed by atoms with Crippen molar-refractivity contribution in [1.29, 1.82) is 0 Å². The molecule has 0 heterocycles. The number of esters is 1. The lowest BCUT2D eigenvalue weighted by molar-refractivity contribution is 0.00665. The van der Waals surface area contributed by atoms with Gasteiger partial charge in [-0.2, -0.15) is 0 Å². The average Bonchev–Trinajstić information content (AvgIpc) is 2.35. The molecule has 0 atom stereocenters. The maximum atomic E-state index is 12.1. The Morgan fingerprint density at radius 3 is 2.47 bits per heavy atom. The minimum atomic E-state index is -0.618. The molecule has 0 saturated heterocycles. The number of rotatable bonds is 3. The fourth-order valence-electron chi connectivity index (χ4n) is 1.39. The summed E-state index contributed by atoms with van der Waals surface area (Å²) in [7, 11) is 1.45. The van der Waals surface area contributed by atoms with Gasteiger partial charge < -0.3 is 14.7 Å². The minimum absolute atomic E-state index is 0.118. The van der Waals surface area contributed by atoms with Crippen LogP contribution in [0.5, 0.6) is 5.75 Å². The van der Waals surface area contributed by atoms with E-state index in [0.717, 1.165) is 0 Å². The highest BCUT2D eigenvalue weighted by Gasteiger charge is 2.21. The number of carbonyl (C=O) groups excluding carboxylic acids is 1. The second kappa shape index (κ2) is 5.93. The van der Waals surface area contributed by atoms with E-state index in [1.54, 1.807) is 32.9 Å². The molecule has 0 spiro atoms. The van der Waals surface area contributed by atoms with E-state index in [4.69, 9.17) is 26.3 Å². The van der Waals surface area contributed by atoms with Crippen LogP contribution in [0.3, 0.4) is 0 Å². The van der Waals surface area contributed by atoms with Gasteiger partial charge in [-0.05, 0) is 39.0 Å². The van der Waals surface area contributed by atoms with Crippen molar-refractivity contribution in [3.05, 3.63) is 29.3 Å². The molecule has 0 aromatic heterocycles. The van der Waals surface area contributed by atoms with Gasteiger partial charge in [0, 0.05) is 5.56 Å². The second-order valence-electron chi connectivity index (χ2n) is 4.81. The van der Waals surface area contributed by atoms with Gasteiger partial charge in [0.05, 0.1) is 7.11 Å². The van der Waals surface area contributed by atoms with Crippen LogP contribution in [-0.4, -0.2) is 29.1 Å². The smallest absolute Gasteiger partial charge is 0.342 e. The lowest BCUT2D eigenvalue weighted by Crippen LogP contribution is -2.24. The van der Waals surface area contributed by atoms with Gasteiger partial charge in [0.2, 0.25) is 0 Å². The van der Waals surface area contributed by atoms with E-state index in [1.807, 2.05) is 0 Å². The van der Waals surface area contributed by atoms with E-state index in [1.165, 1.54) is 13.2 Å². The van der Waals surface area contributed by atoms with E-state index in [-0.39, 0.29) is 10.7 Å². The number of nitrogens with zero attached hydrogens (tertiary/aromatic N) is 1. The fraction of sp³-hybridized carbons (Fsp3) is 0.385. The van der Waals surface area contributed by atoms with Crippen LogP contribution in [-0.2, 0) is 4.74 Å². The molecule has 19 heavy (non-hydrogen) atoms. The van der Waals surface area contributed by atoms with Crippen LogP contribution in [0, 0.1) is 0 Å². The quantitative estimate of drug-likeness (QED) is 0.401. The van der Waals surface area contributed by atoms with E-state index in [2.05, 4.69) is 5.16 Å². The summed E-state index contributed by atoms with van der Waals surface area (Å²) in [6.07, 6.45) is 0. The SMILES string of the molecule is COc1ccc(/C(Cl)=N/O)cc1C(=O)OC(C)(C)C. The van der Waals surface area contributed by atoms with Gasteiger partial charge in [-0.15, -0.1) is 0 Å². The van der Waals surface area contributed by atoms with Gasteiger partial charge in [-0.25, -0.2) is 4.79 Å². The number of benzene rings is 1. The second-order valence-corrected chi connectivity index (χ2v) is 5.17. The van der Waals surface area contributed by atoms with Gasteiger partial charge in [-0.1, -0.05) is 16.8 Å². The zero-order valence-electron chi connectivity index (χ0n) is 11.2. The third-order valence-electron chi connectivity index (χ3n) is 2.14. The molecule has 104 valence electrons. The Morgan fingerprint density at radius 1 is 1.37 bits per heavy atom. The highest BCUT2D eigenvalue weighted by molar-refractivity contribution is 6.69. The normalized spacial score (nSPS) is 12.2. The molecule has 0 bridgehead atoms. The summed E-state index contributed by atoms with van der Waals surface area (Å²) in [6.45, 7) is 5.30. The molecule has 0 unspecified atom stereocenters. The predicted molar refractivity (Wildman–Crippen MR) is 72.3 cm³/mol. The number of hydrogen-bond donors (Lipinski definition) is 1. The molecule has 0 aliphatic heterocycles. The first-order valence-corrected chi connectivity index (χ1v) is 5.95. The molecule has 5 nitrogen and oxygen atoms in total. The third-order valence-corrected chi connectivity index (χ3v) is 2.44. The van der Waals surface area contributed by atoms with Gasteiger partial charge in [0.1, 0.15) is 16.9 Å². The Kier molecular flexibility index (Phi) is 4.78. The molecule has 1 rings (SSSR count). The molecule has 0 fully saturated rings. The van der Waals surface area contributed by atoms with Gasteiger partial charge >= 0.3 is 5.97 Å². The summed E-state index contributed by atoms with van der Waals surface area (Å²) in [5.41, 5.74) is -0.00462. The van der Waals surface area contributed by atoms with Crippen LogP contribution in [0.4, 0.5) is 0 Å². The van der Waals surface area contributed by atoms with Crippen molar-refractivity contribution in [3.63, 3.8) is 0 Å². The lowest BCUT2D eigenvalue weighted by atomic mass is 10.1. The van der Waals surface area contributed by atoms with Crippen LogP contribution in [0.25, 0.3) is 0 Å². The molecule has 0 saturated carbocycles. The van der Waals surface area contributed by atoms with Gasteiger partial charge in [-0.3, -0.25) is 0 Å². The van der Waals surface area contributed by atoms with E-state index >= 15 is 0 Å². The summed E-state index contributed by atoms with van der Waals surface area (Å²) in [4.78, 5) is 12.1. The van der Waals surface area contributed by atoms with Crippen molar-refractivity contribution in [2.45, 2.75) is 26.4 Å². The lowest BCUT2D eigenvalue weighted by Gasteiger charge is -2.20. The van der Waals surface area contributed by atoms with E-state index in [9.17, 15) is 4.79 Å². The van der Waals surface area contributed by atoms with E-state index in [0.29, 0.717) is 11.3 Å². The Labute approximate surface area is 116 Å². The van der Waals surface area contributed by atoms with Crippen LogP contribution < -0.4 is 4.74 Å². The van der Waals surface area contributed by atoms with Crippen LogP contribution in [0.15, 0.2) is 23.4 Å². The Hall–Kier alpha value is -1.75. The number of hydrogen-bond acceptors (Lipinski definition) is 5. The third kappa shape index (κ3) is 4.13. The van der Waals surface area contributed by atoms with Gasteiger partial charge in [0.15, 0.2) is 5.17 Å². The average molecular weight is 286 g/mol. The highest BCUT2D eigenvalue weighted by Crippen LogP contribution is 2.24. The number of carbonyl (C=O) groups is 1. The molecule has 0 aliphatic carbocycles. The summed E-state index contributed by atoms with van der Waals surface area (Å²) in [5, 5.41) is 11.4. The van der Waals surface area contributed by atoms with Crippen molar-refractivity contribution < 1.29 is 19.5 Å². The maximum absolute atomic E-state index is 12.1. The largest absolute Gasteiger partial charge is 0.496 e. The standard InChI is InChI=1S/C13H16ClNO4/c1-13(2,3)19-12(16)9-7-8(11(14)15-17)5-6-10(9)18-4/h5-7,17H,1-4H3/b15-11-. The molecular weight excluding hydrogens is 270 g/mol. The highest BCUT2D eigenvalue weighted by atomic mass is 35.5. The molecule has 1 N–H and O–H groups in total. The first kappa shape index (κ1) is 15.3. The Bertz CT molecular complexity index is 506. The van der Waals surface area contributed by atoms with Crippen molar-refractivity contribution in [1.82, 2.24) is 0 Å². The summed E-state index contributed by atoms with van der Waals surface area (Å²) < 4.78 is 10.4. The number of ether oxygens (including phenoxy) is 2. The van der Waals surface area contributed by atoms with Crippen molar-refractivity contribution in [3.8, 4) is 5.75 Å². The molecule has 0 amide bonds. The first-order chi connectivity index (χ1) is 8.78. The summed E-state index contributed by atoms with van der Waals surface area (Å²) in [6, 6.07) is 4.59. The van der Waals surface area contributed by atoms with Crippen molar-refractivity contribution >= 4 is 22.7 Å². The van der Waals surface area contributed by atoms with Crippen LogP contribution in [0.1, 0.15) is 36.7 Å². The van der Waals surface area contributed by atoms with Crippen molar-refractivity contribution in [2.75, 3.05) is 7.11 Å². The zero-order chi connectivity index (χ0) is 14.6. The number of methoxy groups -OCH3 is 1. The Balaban J connectivity index is 3.20. The molecular formula is C13H16ClNO4. The number of halogens is 1. The van der Waals surface area contributed by atoms with Crippen LogP contribution in [0.2, 0.25) is 0 Å². The minimum Gasteiger partial charge on any atom is -0.496 e. The summed E-state index contributed by atoms with van der Waals surface area (Å²) in [5.74, 6) is -0.172. The van der Waals surface area contributed by atoms with Crippen molar-refractivity contribution in [2.24, 2.45) is 5.16 Å².